The molecule has 0 heterocycles. The number of rotatable bonds is 6. The number of benzene rings is 2. The van der Waals surface area contributed by atoms with Gasteiger partial charge in [-0.15, -0.1) is 0 Å². The number of para-hydroxylation sites is 1. The highest BCUT2D eigenvalue weighted by Crippen LogP contribution is 2.17. The zero-order chi connectivity index (χ0) is 14.4. The van der Waals surface area contributed by atoms with Gasteiger partial charge in [0.05, 0.1) is 0 Å². The van der Waals surface area contributed by atoms with Crippen molar-refractivity contribution in [1.29, 1.82) is 0 Å². The van der Waals surface area contributed by atoms with Crippen LogP contribution in [0.2, 0.25) is 0 Å². The first-order valence-electron chi connectivity index (χ1n) is 7.58. The largest absolute Gasteiger partial charge is 0.381 e. The predicted octanol–water partition coefficient (Wildman–Crippen LogP) is 5.06. The van der Waals surface area contributed by atoms with Crippen molar-refractivity contribution in [2.45, 2.75) is 40.2 Å². The minimum atomic E-state index is 0.718. The molecule has 0 spiro atoms. The van der Waals surface area contributed by atoms with E-state index in [1.165, 1.54) is 22.4 Å². The summed E-state index contributed by atoms with van der Waals surface area (Å²) in [7, 11) is 0. The summed E-state index contributed by atoms with van der Waals surface area (Å²) < 4.78 is 0. The predicted molar refractivity (Wildman–Crippen MR) is 88.1 cm³/mol. The summed E-state index contributed by atoms with van der Waals surface area (Å²) in [6.07, 6.45) is 2.23. The van der Waals surface area contributed by atoms with Crippen LogP contribution in [-0.2, 0) is 19.4 Å². The number of nitrogens with one attached hydrogen (secondary N) is 1. The van der Waals surface area contributed by atoms with Crippen molar-refractivity contribution < 1.29 is 0 Å². The van der Waals surface area contributed by atoms with E-state index in [0.717, 1.165) is 25.3 Å². The summed E-state index contributed by atoms with van der Waals surface area (Å²) in [5.41, 5.74) is 5.39. The van der Waals surface area contributed by atoms with Gasteiger partial charge < -0.3 is 5.32 Å². The molecule has 2 aromatic rings. The van der Waals surface area contributed by atoms with Crippen molar-refractivity contribution >= 4 is 5.69 Å². The zero-order valence-electron chi connectivity index (χ0n) is 12.8. The average molecular weight is 267 g/mol. The fourth-order valence-corrected chi connectivity index (χ4v) is 2.46. The van der Waals surface area contributed by atoms with Crippen LogP contribution in [0.5, 0.6) is 0 Å². The van der Waals surface area contributed by atoms with Crippen LogP contribution in [0.15, 0.2) is 48.5 Å². The SMILES string of the molecule is CCc1ccccc1NCc1ccc(CC(C)C)cc1. The van der Waals surface area contributed by atoms with E-state index in [4.69, 9.17) is 0 Å². The van der Waals surface area contributed by atoms with Gasteiger partial charge in [0, 0.05) is 12.2 Å². The second-order valence-electron chi connectivity index (χ2n) is 5.78. The first-order chi connectivity index (χ1) is 9.69. The minimum Gasteiger partial charge on any atom is -0.381 e. The van der Waals surface area contributed by atoms with Crippen LogP contribution in [0.25, 0.3) is 0 Å². The van der Waals surface area contributed by atoms with Crippen LogP contribution < -0.4 is 5.32 Å². The zero-order valence-corrected chi connectivity index (χ0v) is 12.8. The molecule has 1 N–H and O–H groups in total. The van der Waals surface area contributed by atoms with Gasteiger partial charge in [-0.1, -0.05) is 63.2 Å². The summed E-state index contributed by atoms with van der Waals surface area (Å²) in [4.78, 5) is 0. The molecule has 2 aromatic carbocycles. The van der Waals surface area contributed by atoms with Crippen LogP contribution in [0.3, 0.4) is 0 Å². The molecule has 1 heteroatoms. The van der Waals surface area contributed by atoms with Gasteiger partial charge in [0.1, 0.15) is 0 Å². The third-order valence-electron chi connectivity index (χ3n) is 3.55. The van der Waals surface area contributed by atoms with Crippen LogP contribution in [-0.4, -0.2) is 0 Å². The van der Waals surface area contributed by atoms with Crippen molar-refractivity contribution in [2.75, 3.05) is 5.32 Å². The van der Waals surface area contributed by atoms with E-state index in [9.17, 15) is 0 Å². The Hall–Kier alpha value is -1.76. The standard InChI is InChI=1S/C19H25N/c1-4-18-7-5-6-8-19(18)20-14-17-11-9-16(10-12-17)13-15(2)3/h5-12,15,20H,4,13-14H2,1-3H3. The molecule has 20 heavy (non-hydrogen) atoms. The molecule has 0 aromatic heterocycles. The Balaban J connectivity index is 1.97. The summed E-state index contributed by atoms with van der Waals surface area (Å²) in [6, 6.07) is 17.5. The van der Waals surface area contributed by atoms with E-state index in [1.54, 1.807) is 0 Å². The lowest BCUT2D eigenvalue weighted by molar-refractivity contribution is 0.647. The van der Waals surface area contributed by atoms with Gasteiger partial charge in [-0.05, 0) is 41.5 Å². The maximum atomic E-state index is 3.54. The van der Waals surface area contributed by atoms with E-state index in [-0.39, 0.29) is 0 Å². The van der Waals surface area contributed by atoms with Gasteiger partial charge in [-0.2, -0.15) is 0 Å². The Labute approximate surface area is 123 Å². The lowest BCUT2D eigenvalue weighted by Crippen LogP contribution is -2.02. The molecule has 1 nitrogen and oxygen atoms in total. The molecule has 0 aliphatic heterocycles. The Morgan fingerprint density at radius 2 is 1.55 bits per heavy atom. The van der Waals surface area contributed by atoms with Crippen molar-refractivity contribution in [3.05, 3.63) is 65.2 Å². The van der Waals surface area contributed by atoms with Gasteiger partial charge in [-0.3, -0.25) is 0 Å². The Morgan fingerprint density at radius 1 is 0.900 bits per heavy atom. The molecule has 0 radical (unpaired) electrons. The maximum Gasteiger partial charge on any atom is 0.0400 e. The van der Waals surface area contributed by atoms with Crippen LogP contribution >= 0.6 is 0 Å². The van der Waals surface area contributed by atoms with Crippen molar-refractivity contribution in [3.63, 3.8) is 0 Å². The molecule has 0 bridgehead atoms. The van der Waals surface area contributed by atoms with Crippen molar-refractivity contribution in [3.8, 4) is 0 Å². The lowest BCUT2D eigenvalue weighted by atomic mass is 10.0. The van der Waals surface area contributed by atoms with Gasteiger partial charge in [0.2, 0.25) is 0 Å². The first-order valence-corrected chi connectivity index (χ1v) is 7.58. The van der Waals surface area contributed by atoms with Crippen LogP contribution in [0, 0.1) is 5.92 Å². The molecule has 0 saturated heterocycles. The Bertz CT molecular complexity index is 526. The van der Waals surface area contributed by atoms with Crippen LogP contribution in [0.4, 0.5) is 5.69 Å². The van der Waals surface area contributed by atoms with Gasteiger partial charge >= 0.3 is 0 Å². The van der Waals surface area contributed by atoms with E-state index < -0.39 is 0 Å². The van der Waals surface area contributed by atoms with Crippen molar-refractivity contribution in [2.24, 2.45) is 5.92 Å². The minimum absolute atomic E-state index is 0.718. The summed E-state index contributed by atoms with van der Waals surface area (Å²) in [5.74, 6) is 0.718. The molecule has 0 fully saturated rings. The molecule has 0 saturated carbocycles. The second-order valence-corrected chi connectivity index (χ2v) is 5.78. The number of anilines is 1. The second kappa shape index (κ2) is 7.14. The Morgan fingerprint density at radius 3 is 2.20 bits per heavy atom. The molecule has 0 unspecified atom stereocenters. The normalized spacial score (nSPS) is 10.8. The molecule has 106 valence electrons. The molecular formula is C19H25N. The van der Waals surface area contributed by atoms with E-state index in [1.807, 2.05) is 0 Å². The summed E-state index contributed by atoms with van der Waals surface area (Å²) in [5, 5.41) is 3.54. The molecule has 0 atom stereocenters. The highest BCUT2D eigenvalue weighted by Gasteiger charge is 2.01. The first kappa shape index (κ1) is 14.6. The van der Waals surface area contributed by atoms with Crippen molar-refractivity contribution in [1.82, 2.24) is 0 Å². The van der Waals surface area contributed by atoms with Gasteiger partial charge in [0.15, 0.2) is 0 Å². The molecule has 0 amide bonds. The van der Waals surface area contributed by atoms with Gasteiger partial charge in [0.25, 0.3) is 0 Å². The molecule has 0 aliphatic rings. The van der Waals surface area contributed by atoms with E-state index in [2.05, 4.69) is 74.6 Å². The quantitative estimate of drug-likeness (QED) is 0.771. The number of aryl methyl sites for hydroxylation is 1. The highest BCUT2D eigenvalue weighted by atomic mass is 14.9. The fourth-order valence-electron chi connectivity index (χ4n) is 2.46. The highest BCUT2D eigenvalue weighted by molar-refractivity contribution is 5.51. The third kappa shape index (κ3) is 4.12. The third-order valence-corrected chi connectivity index (χ3v) is 3.55. The number of hydrogen-bond acceptors (Lipinski definition) is 1. The monoisotopic (exact) mass is 267 g/mol. The summed E-state index contributed by atoms with van der Waals surface area (Å²) in [6.45, 7) is 7.61. The fraction of sp³-hybridized carbons (Fsp3) is 0.368. The molecular weight excluding hydrogens is 242 g/mol. The van der Waals surface area contributed by atoms with E-state index in [0.29, 0.717) is 0 Å². The number of hydrogen-bond donors (Lipinski definition) is 1. The summed E-state index contributed by atoms with van der Waals surface area (Å²) >= 11 is 0. The Kier molecular flexibility index (Phi) is 5.23. The average Bonchev–Trinajstić information content (AvgIpc) is 2.46. The van der Waals surface area contributed by atoms with Gasteiger partial charge in [-0.25, -0.2) is 0 Å². The molecule has 0 aliphatic carbocycles. The van der Waals surface area contributed by atoms with Crippen LogP contribution in [0.1, 0.15) is 37.5 Å². The smallest absolute Gasteiger partial charge is 0.0400 e. The van der Waals surface area contributed by atoms with E-state index >= 15 is 0 Å². The maximum absolute atomic E-state index is 3.54. The molecule has 2 rings (SSSR count). The topological polar surface area (TPSA) is 12.0 Å². The lowest BCUT2D eigenvalue weighted by Gasteiger charge is -2.11.